The summed E-state index contributed by atoms with van der Waals surface area (Å²) in [6, 6.07) is 7.09. The Hall–Kier alpha value is -2.46. The van der Waals surface area contributed by atoms with Gasteiger partial charge in [0, 0.05) is 23.0 Å². The molecule has 164 valence electrons. The van der Waals surface area contributed by atoms with Crippen LogP contribution in [0.3, 0.4) is 0 Å². The fourth-order valence-electron chi connectivity index (χ4n) is 3.39. The highest BCUT2D eigenvalue weighted by Gasteiger charge is 2.31. The first-order valence-corrected chi connectivity index (χ1v) is 10.9. The zero-order chi connectivity index (χ0) is 22.3. The topological polar surface area (TPSA) is 51.2 Å². The van der Waals surface area contributed by atoms with E-state index in [9.17, 15) is 13.2 Å². The first kappa shape index (κ1) is 21.8. The van der Waals surface area contributed by atoms with Gasteiger partial charge in [-0.05, 0) is 50.6 Å². The van der Waals surface area contributed by atoms with Crippen molar-refractivity contribution in [2.24, 2.45) is 5.10 Å². The summed E-state index contributed by atoms with van der Waals surface area (Å²) in [7, 11) is 0. The van der Waals surface area contributed by atoms with Crippen LogP contribution >= 0.6 is 23.4 Å². The van der Waals surface area contributed by atoms with Gasteiger partial charge in [-0.2, -0.15) is 28.5 Å². The highest BCUT2D eigenvalue weighted by atomic mass is 35.5. The Morgan fingerprint density at radius 2 is 1.94 bits per heavy atom. The van der Waals surface area contributed by atoms with Gasteiger partial charge in [0.2, 0.25) is 0 Å². The summed E-state index contributed by atoms with van der Waals surface area (Å²) in [5.74, 6) is 1.21. The van der Waals surface area contributed by atoms with Crippen molar-refractivity contribution >= 4 is 34.2 Å². The minimum absolute atomic E-state index is 0.00491. The molecule has 2 aromatic heterocycles. The smallest absolute Gasteiger partial charge is 0.266 e. The standard InChI is InChI=1S/C20H20ClF3N6S/c1-12-8-13(2)30(25-12)14(3)19-27-29(11-31-19)18-6-7-28(26-18)10-15-9-16(20(22,23)24)4-5-17(15)21/h4-9,14H,10-11H2,1-3H3. The number of rotatable bonds is 5. The number of halogens is 4. The molecule has 0 saturated heterocycles. The number of aryl methyl sites for hydroxylation is 2. The normalized spacial score (nSPS) is 15.5. The van der Waals surface area contributed by atoms with E-state index in [0.717, 1.165) is 28.6 Å². The summed E-state index contributed by atoms with van der Waals surface area (Å²) in [5.41, 5.74) is 1.64. The number of nitrogens with zero attached hydrogens (tertiary/aromatic N) is 6. The molecule has 0 N–H and O–H groups in total. The Bertz CT molecular complexity index is 1140. The van der Waals surface area contributed by atoms with E-state index in [-0.39, 0.29) is 17.6 Å². The van der Waals surface area contributed by atoms with Crippen molar-refractivity contribution in [3.05, 3.63) is 64.1 Å². The predicted molar refractivity (Wildman–Crippen MR) is 117 cm³/mol. The Morgan fingerprint density at radius 3 is 2.61 bits per heavy atom. The molecule has 0 amide bonds. The molecule has 1 atom stereocenters. The molecule has 11 heteroatoms. The van der Waals surface area contributed by atoms with Gasteiger partial charge in [0.05, 0.1) is 29.7 Å². The van der Waals surface area contributed by atoms with E-state index in [1.54, 1.807) is 33.7 Å². The predicted octanol–water partition coefficient (Wildman–Crippen LogP) is 5.50. The fraction of sp³-hybridized carbons (Fsp3) is 0.350. The number of alkyl halides is 3. The van der Waals surface area contributed by atoms with E-state index in [2.05, 4.69) is 15.3 Å². The zero-order valence-corrected chi connectivity index (χ0v) is 18.6. The lowest BCUT2D eigenvalue weighted by atomic mass is 10.1. The lowest BCUT2D eigenvalue weighted by Crippen LogP contribution is -2.16. The summed E-state index contributed by atoms with van der Waals surface area (Å²) in [4.78, 5) is 0. The van der Waals surface area contributed by atoms with Gasteiger partial charge in [-0.1, -0.05) is 23.4 Å². The highest BCUT2D eigenvalue weighted by Crippen LogP contribution is 2.33. The molecule has 1 aliphatic rings. The van der Waals surface area contributed by atoms with Gasteiger partial charge in [-0.25, -0.2) is 5.01 Å². The number of benzene rings is 1. The molecule has 3 aromatic rings. The van der Waals surface area contributed by atoms with Crippen molar-refractivity contribution in [3.8, 4) is 0 Å². The van der Waals surface area contributed by atoms with Crippen molar-refractivity contribution in [2.75, 3.05) is 10.9 Å². The highest BCUT2D eigenvalue weighted by molar-refractivity contribution is 8.14. The van der Waals surface area contributed by atoms with Gasteiger partial charge in [0.15, 0.2) is 5.82 Å². The Morgan fingerprint density at radius 1 is 1.16 bits per heavy atom. The Kier molecular flexibility index (Phi) is 5.78. The van der Waals surface area contributed by atoms with Crippen LogP contribution in [-0.2, 0) is 12.7 Å². The quantitative estimate of drug-likeness (QED) is 0.496. The van der Waals surface area contributed by atoms with E-state index in [4.69, 9.17) is 11.6 Å². The van der Waals surface area contributed by atoms with Crippen LogP contribution in [0.2, 0.25) is 5.02 Å². The van der Waals surface area contributed by atoms with Crippen LogP contribution in [0.4, 0.5) is 19.0 Å². The summed E-state index contributed by atoms with van der Waals surface area (Å²) < 4.78 is 42.5. The van der Waals surface area contributed by atoms with Crippen LogP contribution in [-0.4, -0.2) is 30.5 Å². The van der Waals surface area contributed by atoms with Crippen LogP contribution < -0.4 is 5.01 Å². The Labute approximate surface area is 186 Å². The first-order valence-electron chi connectivity index (χ1n) is 9.52. The van der Waals surface area contributed by atoms with Crippen molar-refractivity contribution in [1.29, 1.82) is 0 Å². The summed E-state index contributed by atoms with van der Waals surface area (Å²) in [6.07, 6.45) is -2.72. The minimum Gasteiger partial charge on any atom is -0.266 e. The second kappa shape index (κ2) is 8.23. The van der Waals surface area contributed by atoms with Crippen LogP contribution in [0.15, 0.2) is 41.6 Å². The molecule has 0 aliphatic carbocycles. The molecule has 0 fully saturated rings. The van der Waals surface area contributed by atoms with E-state index in [1.807, 2.05) is 31.5 Å². The maximum atomic E-state index is 13.0. The van der Waals surface area contributed by atoms with Crippen molar-refractivity contribution < 1.29 is 13.2 Å². The zero-order valence-electron chi connectivity index (χ0n) is 17.1. The molecule has 0 radical (unpaired) electrons. The molecule has 1 aliphatic heterocycles. The monoisotopic (exact) mass is 468 g/mol. The third-order valence-electron chi connectivity index (χ3n) is 4.92. The van der Waals surface area contributed by atoms with Crippen LogP contribution in [0.25, 0.3) is 0 Å². The lowest BCUT2D eigenvalue weighted by molar-refractivity contribution is -0.137. The average molecular weight is 469 g/mol. The third kappa shape index (κ3) is 4.59. The summed E-state index contributed by atoms with van der Waals surface area (Å²) in [6.45, 7) is 6.13. The molecule has 1 aromatic carbocycles. The molecule has 1 unspecified atom stereocenters. The maximum Gasteiger partial charge on any atom is 0.416 e. The fourth-order valence-corrected chi connectivity index (χ4v) is 4.51. The van der Waals surface area contributed by atoms with Crippen molar-refractivity contribution in [3.63, 3.8) is 0 Å². The maximum absolute atomic E-state index is 13.0. The number of hydrazone groups is 1. The number of anilines is 1. The van der Waals surface area contributed by atoms with Gasteiger partial charge >= 0.3 is 6.18 Å². The minimum atomic E-state index is -4.42. The van der Waals surface area contributed by atoms with Gasteiger partial charge < -0.3 is 0 Å². The molecule has 0 bridgehead atoms. The van der Waals surface area contributed by atoms with E-state index < -0.39 is 11.7 Å². The van der Waals surface area contributed by atoms with Crippen LogP contribution in [0, 0.1) is 13.8 Å². The number of thioether (sulfide) groups is 1. The van der Waals surface area contributed by atoms with Crippen LogP contribution in [0.1, 0.15) is 35.5 Å². The van der Waals surface area contributed by atoms with Gasteiger partial charge in [0.1, 0.15) is 5.04 Å². The first-order chi connectivity index (χ1) is 14.6. The van der Waals surface area contributed by atoms with Gasteiger partial charge in [-0.15, -0.1) is 0 Å². The van der Waals surface area contributed by atoms with Crippen molar-refractivity contribution in [1.82, 2.24) is 19.6 Å². The molecule has 6 nitrogen and oxygen atoms in total. The molecule has 0 saturated carbocycles. The average Bonchev–Trinajstić information content (AvgIpc) is 3.42. The molecule has 31 heavy (non-hydrogen) atoms. The molecular formula is C20H20ClF3N6S. The Balaban J connectivity index is 1.50. The number of aromatic nitrogens is 4. The van der Waals surface area contributed by atoms with E-state index in [1.165, 1.54) is 6.07 Å². The molecular weight excluding hydrogens is 449 g/mol. The molecule has 3 heterocycles. The molecule has 0 spiro atoms. The number of hydrogen-bond donors (Lipinski definition) is 0. The van der Waals surface area contributed by atoms with Gasteiger partial charge in [0.25, 0.3) is 0 Å². The van der Waals surface area contributed by atoms with Crippen LogP contribution in [0.5, 0.6) is 0 Å². The SMILES string of the molecule is Cc1cc(C)n(C(C)C2=NN(c3ccn(Cc4cc(C(F)(F)F)ccc4Cl)n3)CS2)n1. The third-order valence-corrected chi connectivity index (χ3v) is 6.38. The lowest BCUT2D eigenvalue weighted by Gasteiger charge is -2.13. The van der Waals surface area contributed by atoms with E-state index >= 15 is 0 Å². The summed E-state index contributed by atoms with van der Waals surface area (Å²) in [5, 5.41) is 16.6. The second-order valence-electron chi connectivity index (χ2n) is 7.33. The van der Waals surface area contributed by atoms with E-state index in [0.29, 0.717) is 17.3 Å². The van der Waals surface area contributed by atoms with Crippen molar-refractivity contribution in [2.45, 2.75) is 39.5 Å². The second-order valence-corrected chi connectivity index (χ2v) is 8.71. The summed E-state index contributed by atoms with van der Waals surface area (Å²) >= 11 is 7.71. The largest absolute Gasteiger partial charge is 0.416 e. The van der Waals surface area contributed by atoms with Gasteiger partial charge in [-0.3, -0.25) is 9.36 Å². The molecule has 4 rings (SSSR count). The number of hydrogen-bond acceptors (Lipinski definition) is 5.